The molecule has 1 saturated heterocycles. The second-order valence-electron chi connectivity index (χ2n) is 7.83. The predicted molar refractivity (Wildman–Crippen MR) is 112 cm³/mol. The average Bonchev–Trinajstić information content (AvgIpc) is 3.11. The average molecular weight is 402 g/mol. The molecule has 28 heavy (non-hydrogen) atoms. The van der Waals surface area contributed by atoms with Gasteiger partial charge in [0.2, 0.25) is 0 Å². The molecular formula is C21H28ClN5O. The van der Waals surface area contributed by atoms with E-state index in [9.17, 15) is 5.11 Å². The van der Waals surface area contributed by atoms with Crippen molar-refractivity contribution in [2.45, 2.75) is 37.8 Å². The van der Waals surface area contributed by atoms with E-state index >= 15 is 0 Å². The van der Waals surface area contributed by atoms with Crippen LogP contribution in [-0.2, 0) is 6.42 Å². The van der Waals surface area contributed by atoms with E-state index < -0.39 is 6.23 Å². The molecule has 1 aliphatic carbocycles. The molecule has 0 saturated carbocycles. The Balaban J connectivity index is 1.44. The van der Waals surface area contributed by atoms with Crippen molar-refractivity contribution in [1.29, 1.82) is 0 Å². The van der Waals surface area contributed by atoms with Gasteiger partial charge in [-0.1, -0.05) is 30.7 Å². The number of aliphatic hydroxyl groups is 1. The number of rotatable bonds is 5. The van der Waals surface area contributed by atoms with Crippen molar-refractivity contribution in [2.24, 2.45) is 5.73 Å². The first kappa shape index (κ1) is 19.6. The summed E-state index contributed by atoms with van der Waals surface area (Å²) in [5, 5.41) is 11.7. The normalized spacial score (nSPS) is 22.1. The lowest BCUT2D eigenvalue weighted by Crippen LogP contribution is -2.53. The van der Waals surface area contributed by atoms with Crippen LogP contribution in [0.3, 0.4) is 0 Å². The van der Waals surface area contributed by atoms with Crippen molar-refractivity contribution >= 4 is 17.4 Å². The zero-order chi connectivity index (χ0) is 19.7. The van der Waals surface area contributed by atoms with Gasteiger partial charge in [0.25, 0.3) is 0 Å². The van der Waals surface area contributed by atoms with E-state index in [1.54, 1.807) is 6.33 Å². The number of fused-ring (bicyclic) bond motifs is 1. The highest BCUT2D eigenvalue weighted by Crippen LogP contribution is 2.37. The fraction of sp³-hybridized carbons (Fsp3) is 0.524. The maximum Gasteiger partial charge on any atom is 0.135 e. The van der Waals surface area contributed by atoms with Gasteiger partial charge in [-0.05, 0) is 36.5 Å². The molecule has 6 nitrogen and oxygen atoms in total. The molecule has 7 heteroatoms. The Morgan fingerprint density at radius 1 is 1.18 bits per heavy atom. The van der Waals surface area contributed by atoms with Gasteiger partial charge < -0.3 is 15.7 Å². The SMILES string of the molecule is C[C@@H]1CCc2ncnc(N3CCN(C(O)[C@H](CN)c4ccc(Cl)cc4)CC3)c21. The van der Waals surface area contributed by atoms with Gasteiger partial charge in [0.05, 0.1) is 0 Å². The number of nitrogens with zero attached hydrogens (tertiary/aromatic N) is 4. The minimum atomic E-state index is -0.608. The maximum atomic E-state index is 11.0. The number of anilines is 1. The van der Waals surface area contributed by atoms with Crippen LogP contribution in [0.2, 0.25) is 5.02 Å². The monoisotopic (exact) mass is 401 g/mol. The molecule has 2 aliphatic rings. The lowest BCUT2D eigenvalue weighted by Gasteiger charge is -2.40. The number of hydrogen-bond donors (Lipinski definition) is 2. The van der Waals surface area contributed by atoms with Crippen molar-refractivity contribution in [2.75, 3.05) is 37.6 Å². The summed E-state index contributed by atoms with van der Waals surface area (Å²) in [5.74, 6) is 1.46. The molecule has 1 unspecified atom stereocenters. The van der Waals surface area contributed by atoms with E-state index in [4.69, 9.17) is 17.3 Å². The first-order valence-corrected chi connectivity index (χ1v) is 10.4. The summed E-state index contributed by atoms with van der Waals surface area (Å²) in [6.07, 6.45) is 3.28. The first-order valence-electron chi connectivity index (χ1n) is 10.0. The lowest BCUT2D eigenvalue weighted by atomic mass is 9.96. The van der Waals surface area contributed by atoms with Gasteiger partial charge in [0.15, 0.2) is 0 Å². The number of halogens is 1. The molecule has 1 aromatic carbocycles. The summed E-state index contributed by atoms with van der Waals surface area (Å²) in [5.41, 5.74) is 9.53. The van der Waals surface area contributed by atoms with Crippen LogP contribution in [0.5, 0.6) is 0 Å². The number of aromatic nitrogens is 2. The molecule has 0 amide bonds. The van der Waals surface area contributed by atoms with Gasteiger partial charge in [0, 0.05) is 54.9 Å². The standard InChI is InChI=1S/C21H28ClN5O/c1-14-2-7-18-19(14)20(25-13-24-18)26-8-10-27(11-9-26)21(28)17(12-23)15-3-5-16(22)6-4-15/h3-6,13-14,17,21,28H,2,7-12,23H2,1H3/t14-,17-,21?/m1/s1. The smallest absolute Gasteiger partial charge is 0.135 e. The predicted octanol–water partition coefficient (Wildman–Crippen LogP) is 2.36. The van der Waals surface area contributed by atoms with E-state index in [1.165, 1.54) is 11.3 Å². The first-order chi connectivity index (χ1) is 13.6. The van der Waals surface area contributed by atoms with Crippen LogP contribution in [-0.4, -0.2) is 58.9 Å². The van der Waals surface area contributed by atoms with Gasteiger partial charge in [-0.15, -0.1) is 0 Å². The van der Waals surface area contributed by atoms with E-state index in [2.05, 4.69) is 26.7 Å². The molecule has 1 aromatic heterocycles. The molecular weight excluding hydrogens is 374 g/mol. The minimum Gasteiger partial charge on any atom is -0.378 e. The summed E-state index contributed by atoms with van der Waals surface area (Å²) in [7, 11) is 0. The van der Waals surface area contributed by atoms with Crippen molar-refractivity contribution in [1.82, 2.24) is 14.9 Å². The Morgan fingerprint density at radius 3 is 2.57 bits per heavy atom. The van der Waals surface area contributed by atoms with Gasteiger partial charge in [-0.2, -0.15) is 0 Å². The highest BCUT2D eigenvalue weighted by Gasteiger charge is 2.32. The number of nitrogens with two attached hydrogens (primary N) is 1. The number of benzene rings is 1. The maximum absolute atomic E-state index is 11.0. The molecule has 0 radical (unpaired) electrons. The van der Waals surface area contributed by atoms with Crippen LogP contribution < -0.4 is 10.6 Å². The lowest BCUT2D eigenvalue weighted by molar-refractivity contribution is -0.0181. The van der Waals surface area contributed by atoms with E-state index in [0.717, 1.165) is 50.4 Å². The van der Waals surface area contributed by atoms with Crippen LogP contribution >= 0.6 is 11.6 Å². The number of aryl methyl sites for hydroxylation is 1. The molecule has 0 spiro atoms. The highest BCUT2D eigenvalue weighted by molar-refractivity contribution is 6.30. The molecule has 0 bridgehead atoms. The third kappa shape index (κ3) is 3.74. The summed E-state index contributed by atoms with van der Waals surface area (Å²) >= 11 is 5.99. The second-order valence-corrected chi connectivity index (χ2v) is 8.26. The van der Waals surface area contributed by atoms with Gasteiger partial charge >= 0.3 is 0 Å². The third-order valence-corrected chi connectivity index (χ3v) is 6.40. The molecule has 4 rings (SSSR count). The number of piperazine rings is 1. The van der Waals surface area contributed by atoms with E-state index in [-0.39, 0.29) is 5.92 Å². The Kier molecular flexibility index (Phi) is 5.83. The van der Waals surface area contributed by atoms with Crippen molar-refractivity contribution in [3.63, 3.8) is 0 Å². The summed E-state index contributed by atoms with van der Waals surface area (Å²) < 4.78 is 0. The Labute approximate surface area is 171 Å². The molecule has 1 fully saturated rings. The summed E-state index contributed by atoms with van der Waals surface area (Å²) in [6, 6.07) is 7.60. The van der Waals surface area contributed by atoms with Crippen LogP contribution in [0, 0.1) is 0 Å². The molecule has 2 aromatic rings. The zero-order valence-electron chi connectivity index (χ0n) is 16.3. The highest BCUT2D eigenvalue weighted by atomic mass is 35.5. The fourth-order valence-electron chi connectivity index (χ4n) is 4.47. The summed E-state index contributed by atoms with van der Waals surface area (Å²) in [4.78, 5) is 13.5. The molecule has 3 N–H and O–H groups in total. The Bertz CT molecular complexity index is 807. The molecule has 150 valence electrons. The quantitative estimate of drug-likeness (QED) is 0.800. The number of aliphatic hydroxyl groups excluding tert-OH is 1. The van der Waals surface area contributed by atoms with Crippen LogP contribution in [0.1, 0.15) is 42.0 Å². The largest absolute Gasteiger partial charge is 0.378 e. The minimum absolute atomic E-state index is 0.132. The van der Waals surface area contributed by atoms with E-state index in [0.29, 0.717) is 17.5 Å². The van der Waals surface area contributed by atoms with Crippen molar-refractivity contribution < 1.29 is 5.11 Å². The van der Waals surface area contributed by atoms with Gasteiger partial charge in [-0.3, -0.25) is 4.90 Å². The van der Waals surface area contributed by atoms with Crippen molar-refractivity contribution in [3.05, 3.63) is 52.4 Å². The van der Waals surface area contributed by atoms with Gasteiger partial charge in [-0.25, -0.2) is 9.97 Å². The Hall–Kier alpha value is -1.73. The Morgan fingerprint density at radius 2 is 1.89 bits per heavy atom. The third-order valence-electron chi connectivity index (χ3n) is 6.15. The fourth-order valence-corrected chi connectivity index (χ4v) is 4.59. The molecule has 2 heterocycles. The second kappa shape index (κ2) is 8.33. The topological polar surface area (TPSA) is 78.5 Å². The van der Waals surface area contributed by atoms with E-state index in [1.807, 2.05) is 24.3 Å². The molecule has 1 aliphatic heterocycles. The van der Waals surface area contributed by atoms with Crippen LogP contribution in [0.4, 0.5) is 5.82 Å². The molecule has 3 atom stereocenters. The van der Waals surface area contributed by atoms with Crippen LogP contribution in [0.15, 0.2) is 30.6 Å². The van der Waals surface area contributed by atoms with Crippen LogP contribution in [0.25, 0.3) is 0 Å². The zero-order valence-corrected chi connectivity index (χ0v) is 17.0. The summed E-state index contributed by atoms with van der Waals surface area (Å²) in [6.45, 7) is 5.88. The van der Waals surface area contributed by atoms with Crippen molar-refractivity contribution in [3.8, 4) is 0 Å². The van der Waals surface area contributed by atoms with Gasteiger partial charge in [0.1, 0.15) is 18.4 Å². The number of hydrogen-bond acceptors (Lipinski definition) is 6.